The van der Waals surface area contributed by atoms with E-state index in [1.54, 1.807) is 13.2 Å². The monoisotopic (exact) mass is 311 g/mol. The summed E-state index contributed by atoms with van der Waals surface area (Å²) in [6.07, 6.45) is 1.61. The highest BCUT2D eigenvalue weighted by atomic mass is 79.9. The van der Waals surface area contributed by atoms with Crippen molar-refractivity contribution in [3.05, 3.63) is 28.5 Å². The molecule has 0 saturated carbocycles. The first-order chi connectivity index (χ1) is 8.70. The fourth-order valence-corrected chi connectivity index (χ4v) is 1.77. The maximum Gasteiger partial charge on any atom is 0.257 e. The third-order valence-electron chi connectivity index (χ3n) is 2.46. The van der Waals surface area contributed by atoms with Crippen LogP contribution in [0.3, 0.4) is 0 Å². The van der Waals surface area contributed by atoms with E-state index < -0.39 is 0 Å². The van der Waals surface area contributed by atoms with Gasteiger partial charge in [0, 0.05) is 35.9 Å². The van der Waals surface area contributed by atoms with E-state index in [4.69, 9.17) is 15.0 Å². The Morgan fingerprint density at radius 1 is 1.44 bits per heavy atom. The molecule has 0 unspecified atom stereocenters. The van der Waals surface area contributed by atoms with Crippen LogP contribution in [0.5, 0.6) is 0 Å². The van der Waals surface area contributed by atoms with Crippen LogP contribution in [0.2, 0.25) is 0 Å². The zero-order valence-corrected chi connectivity index (χ0v) is 11.6. The van der Waals surface area contributed by atoms with Crippen molar-refractivity contribution < 1.29 is 9.26 Å². The second kappa shape index (κ2) is 5.97. The van der Waals surface area contributed by atoms with Crippen molar-refractivity contribution in [1.82, 2.24) is 10.1 Å². The smallest absolute Gasteiger partial charge is 0.257 e. The highest BCUT2D eigenvalue weighted by molar-refractivity contribution is 9.10. The van der Waals surface area contributed by atoms with E-state index in [-0.39, 0.29) is 0 Å². The quantitative estimate of drug-likeness (QED) is 0.678. The van der Waals surface area contributed by atoms with Gasteiger partial charge in [-0.1, -0.05) is 5.16 Å². The summed E-state index contributed by atoms with van der Waals surface area (Å²) < 4.78 is 11.0. The fourth-order valence-electron chi connectivity index (χ4n) is 1.52. The molecule has 0 fully saturated rings. The van der Waals surface area contributed by atoms with Crippen LogP contribution < -0.4 is 5.73 Å². The van der Waals surface area contributed by atoms with Crippen LogP contribution >= 0.6 is 15.9 Å². The van der Waals surface area contributed by atoms with Crippen molar-refractivity contribution in [2.75, 3.05) is 19.5 Å². The molecule has 2 rings (SSSR count). The Hall–Kier alpha value is -1.40. The molecule has 1 aromatic heterocycles. The Kier molecular flexibility index (Phi) is 4.33. The van der Waals surface area contributed by atoms with E-state index in [1.807, 2.05) is 12.1 Å². The first kappa shape index (κ1) is 13.0. The zero-order valence-electron chi connectivity index (χ0n) is 10.0. The standard InChI is InChI=1S/C12H14BrN3O2/c1-17-6-2-3-11-15-12(18-16-11)8-4-5-9(13)10(14)7-8/h4-5,7H,2-3,6,14H2,1H3. The molecule has 6 heteroatoms. The normalized spacial score (nSPS) is 10.8. The van der Waals surface area contributed by atoms with Crippen molar-refractivity contribution in [2.24, 2.45) is 0 Å². The minimum Gasteiger partial charge on any atom is -0.398 e. The molecule has 0 atom stereocenters. The van der Waals surface area contributed by atoms with E-state index in [2.05, 4.69) is 26.1 Å². The Morgan fingerprint density at radius 2 is 2.28 bits per heavy atom. The number of hydrogen-bond donors (Lipinski definition) is 1. The van der Waals surface area contributed by atoms with Gasteiger partial charge in [-0.15, -0.1) is 0 Å². The number of benzene rings is 1. The van der Waals surface area contributed by atoms with Gasteiger partial charge in [-0.3, -0.25) is 0 Å². The zero-order chi connectivity index (χ0) is 13.0. The SMILES string of the molecule is COCCCc1noc(-c2ccc(Br)c(N)c2)n1. The summed E-state index contributed by atoms with van der Waals surface area (Å²) in [5.74, 6) is 1.17. The van der Waals surface area contributed by atoms with Gasteiger partial charge in [0.1, 0.15) is 0 Å². The van der Waals surface area contributed by atoms with Crippen LogP contribution in [-0.4, -0.2) is 23.9 Å². The van der Waals surface area contributed by atoms with Crippen molar-refractivity contribution >= 4 is 21.6 Å². The van der Waals surface area contributed by atoms with Crippen molar-refractivity contribution in [3.8, 4) is 11.5 Å². The molecule has 96 valence electrons. The van der Waals surface area contributed by atoms with Crippen LogP contribution in [0.25, 0.3) is 11.5 Å². The maximum atomic E-state index is 5.81. The number of nitrogens with zero attached hydrogens (tertiary/aromatic N) is 2. The highest BCUT2D eigenvalue weighted by Gasteiger charge is 2.09. The Morgan fingerprint density at radius 3 is 3.00 bits per heavy atom. The van der Waals surface area contributed by atoms with Gasteiger partial charge in [0.25, 0.3) is 5.89 Å². The average molecular weight is 312 g/mol. The number of ether oxygens (including phenoxy) is 1. The minimum atomic E-state index is 0.488. The number of halogens is 1. The van der Waals surface area contributed by atoms with Gasteiger partial charge in [-0.25, -0.2) is 0 Å². The lowest BCUT2D eigenvalue weighted by molar-refractivity contribution is 0.194. The number of anilines is 1. The summed E-state index contributed by atoms with van der Waals surface area (Å²) in [6.45, 7) is 0.690. The van der Waals surface area contributed by atoms with Crippen molar-refractivity contribution in [3.63, 3.8) is 0 Å². The summed E-state index contributed by atoms with van der Waals surface area (Å²) in [4.78, 5) is 4.32. The lowest BCUT2D eigenvalue weighted by Gasteiger charge is -1.99. The first-order valence-corrected chi connectivity index (χ1v) is 6.37. The summed E-state index contributed by atoms with van der Waals surface area (Å²) >= 11 is 3.34. The lowest BCUT2D eigenvalue weighted by atomic mass is 10.2. The molecule has 2 N–H and O–H groups in total. The third-order valence-corrected chi connectivity index (χ3v) is 3.18. The number of hydrogen-bond acceptors (Lipinski definition) is 5. The van der Waals surface area contributed by atoms with Gasteiger partial charge >= 0.3 is 0 Å². The molecule has 0 aliphatic heterocycles. The average Bonchev–Trinajstić information content (AvgIpc) is 2.82. The number of methoxy groups -OCH3 is 1. The van der Waals surface area contributed by atoms with Crippen LogP contribution in [0.15, 0.2) is 27.2 Å². The largest absolute Gasteiger partial charge is 0.398 e. The molecular weight excluding hydrogens is 298 g/mol. The predicted molar refractivity (Wildman–Crippen MR) is 72.0 cm³/mol. The van der Waals surface area contributed by atoms with Crippen LogP contribution in [0, 0.1) is 0 Å². The predicted octanol–water partition coefficient (Wildman–Crippen LogP) is 2.66. The topological polar surface area (TPSA) is 74.2 Å². The number of nitrogens with two attached hydrogens (primary N) is 1. The lowest BCUT2D eigenvalue weighted by Crippen LogP contribution is -1.94. The van der Waals surface area contributed by atoms with Crippen molar-refractivity contribution in [2.45, 2.75) is 12.8 Å². The van der Waals surface area contributed by atoms with Gasteiger partial charge < -0.3 is 15.0 Å². The first-order valence-electron chi connectivity index (χ1n) is 5.57. The number of aromatic nitrogens is 2. The van der Waals surface area contributed by atoms with E-state index >= 15 is 0 Å². The summed E-state index contributed by atoms with van der Waals surface area (Å²) in [7, 11) is 1.67. The Labute approximate surface area is 113 Å². The second-order valence-corrected chi connectivity index (χ2v) is 4.70. The number of rotatable bonds is 5. The minimum absolute atomic E-state index is 0.488. The summed E-state index contributed by atoms with van der Waals surface area (Å²) in [5.41, 5.74) is 7.28. The van der Waals surface area contributed by atoms with E-state index in [1.165, 1.54) is 0 Å². The van der Waals surface area contributed by atoms with Crippen molar-refractivity contribution in [1.29, 1.82) is 0 Å². The number of nitrogen functional groups attached to an aromatic ring is 1. The molecule has 0 aliphatic carbocycles. The Bertz CT molecular complexity index is 528. The van der Waals surface area contributed by atoms with Gasteiger partial charge in [-0.2, -0.15) is 4.98 Å². The molecule has 2 aromatic rings. The van der Waals surface area contributed by atoms with E-state index in [9.17, 15) is 0 Å². The molecule has 0 spiro atoms. The molecule has 1 aromatic carbocycles. The molecule has 0 bridgehead atoms. The summed E-state index contributed by atoms with van der Waals surface area (Å²) in [5, 5.41) is 3.92. The maximum absolute atomic E-state index is 5.81. The van der Waals surface area contributed by atoms with Crippen LogP contribution in [0.4, 0.5) is 5.69 Å². The third kappa shape index (κ3) is 3.08. The van der Waals surface area contributed by atoms with Gasteiger partial charge in [0.2, 0.25) is 0 Å². The molecule has 5 nitrogen and oxygen atoms in total. The van der Waals surface area contributed by atoms with E-state index in [0.29, 0.717) is 24.0 Å². The molecule has 18 heavy (non-hydrogen) atoms. The molecule has 0 aliphatic rings. The van der Waals surface area contributed by atoms with Gasteiger partial charge in [0.05, 0.1) is 0 Å². The van der Waals surface area contributed by atoms with Crippen LogP contribution in [0.1, 0.15) is 12.2 Å². The molecular formula is C12H14BrN3O2. The molecule has 0 saturated heterocycles. The summed E-state index contributed by atoms with van der Waals surface area (Å²) in [6, 6.07) is 5.54. The molecule has 0 amide bonds. The molecule has 0 radical (unpaired) electrons. The van der Waals surface area contributed by atoms with Crippen LogP contribution in [-0.2, 0) is 11.2 Å². The Balaban J connectivity index is 2.11. The second-order valence-electron chi connectivity index (χ2n) is 3.85. The molecule has 1 heterocycles. The highest BCUT2D eigenvalue weighted by Crippen LogP contribution is 2.26. The fraction of sp³-hybridized carbons (Fsp3) is 0.333. The van der Waals surface area contributed by atoms with E-state index in [0.717, 1.165) is 22.9 Å². The van der Waals surface area contributed by atoms with Gasteiger partial charge in [0.15, 0.2) is 5.82 Å². The number of aryl methyl sites for hydroxylation is 1. The van der Waals surface area contributed by atoms with Gasteiger partial charge in [-0.05, 0) is 40.5 Å².